The average Bonchev–Trinajstić information content (AvgIpc) is 0.746. The number of ether oxygens (including phenoxy) is 15. The summed E-state index contributed by atoms with van der Waals surface area (Å²) >= 11 is 0. The topological polar surface area (TPSA) is 627 Å². The largest absolute Gasteiger partial charge is 0.432 e. The number of allylic oxidation sites excluding steroid dienone is 2. The van der Waals surface area contributed by atoms with Crippen molar-refractivity contribution in [2.45, 2.75) is 340 Å². The van der Waals surface area contributed by atoms with E-state index in [1.807, 2.05) is 13.8 Å². The second kappa shape index (κ2) is 34.8. The molecule has 12 fully saturated rings. The monoisotopic (exact) mass is 1670 g/mol. The number of hydrogen-bond acceptors (Lipinski definition) is 39. The molecule has 40 heteroatoms. The zero-order valence-electron chi connectivity index (χ0n) is 65.6. The molecule has 22 N–H and O–H groups in total. The molecule has 0 aromatic carbocycles. The van der Waals surface area contributed by atoms with E-state index in [0.717, 1.165) is 18.5 Å². The number of aliphatic hydroxyl groups is 21. The second-order valence-corrected chi connectivity index (χ2v) is 36.2. The van der Waals surface area contributed by atoms with E-state index in [4.69, 9.17) is 71.1 Å². The summed E-state index contributed by atoms with van der Waals surface area (Å²) in [7, 11) is 0. The van der Waals surface area contributed by atoms with Gasteiger partial charge in [-0.05, 0) is 111 Å². The van der Waals surface area contributed by atoms with Gasteiger partial charge < -0.3 is 188 Å². The molecule has 8 saturated heterocycles. The Morgan fingerprint density at radius 3 is 1.80 bits per heavy atom. The van der Waals surface area contributed by atoms with Gasteiger partial charge >= 0.3 is 5.97 Å². The Balaban J connectivity index is 0.756. The van der Waals surface area contributed by atoms with Gasteiger partial charge in [-0.2, -0.15) is 0 Å². The number of rotatable bonds is 23. The molecule has 0 bridgehead atoms. The fourth-order valence-electron chi connectivity index (χ4n) is 21.6. The molecule has 8 heterocycles. The number of nitrogens with one attached hydrogen (secondary N) is 1. The first-order chi connectivity index (χ1) is 54.6. The molecule has 5 aliphatic carbocycles. The molecule has 1 amide bonds. The minimum atomic E-state index is -2.16. The van der Waals surface area contributed by atoms with Gasteiger partial charge in [0.05, 0.1) is 82.1 Å². The first kappa shape index (κ1) is 90.7. The third-order valence-electron chi connectivity index (χ3n) is 28.8. The Morgan fingerprint density at radius 2 is 1.14 bits per heavy atom. The van der Waals surface area contributed by atoms with Gasteiger partial charge in [0.2, 0.25) is 12.2 Å². The van der Waals surface area contributed by atoms with Crippen molar-refractivity contribution in [3.63, 3.8) is 0 Å². The van der Waals surface area contributed by atoms with Crippen molar-refractivity contribution in [1.82, 2.24) is 5.32 Å². The normalized spacial score (nSPS) is 53.5. The minimum Gasteiger partial charge on any atom is -0.432 e. The van der Waals surface area contributed by atoms with Crippen LogP contribution in [0.5, 0.6) is 0 Å². The van der Waals surface area contributed by atoms with Crippen LogP contribution in [0.3, 0.4) is 0 Å². The smallest absolute Gasteiger partial charge is 0.317 e. The van der Waals surface area contributed by atoms with Crippen LogP contribution < -0.4 is 5.32 Å². The van der Waals surface area contributed by atoms with E-state index >= 15 is 4.79 Å². The zero-order chi connectivity index (χ0) is 84.3. The predicted octanol–water partition coefficient (Wildman–Crippen LogP) is -8.28. The molecule has 44 atom stereocenters. The van der Waals surface area contributed by atoms with E-state index < -0.39 is 329 Å². The highest BCUT2D eigenvalue weighted by Crippen LogP contribution is 2.76. The summed E-state index contributed by atoms with van der Waals surface area (Å²) in [6.07, 6.45) is -52.8. The number of esters is 1. The molecule has 19 unspecified atom stereocenters. The summed E-state index contributed by atoms with van der Waals surface area (Å²) in [5, 5.41) is 234. The molecule has 0 aromatic heterocycles. The third-order valence-corrected chi connectivity index (χ3v) is 28.8. The summed E-state index contributed by atoms with van der Waals surface area (Å²) in [6, 6.07) is -1.64. The van der Waals surface area contributed by atoms with E-state index in [9.17, 15) is 117 Å². The summed E-state index contributed by atoms with van der Waals surface area (Å²) < 4.78 is 90.1. The lowest BCUT2D eigenvalue weighted by Gasteiger charge is -2.71. The van der Waals surface area contributed by atoms with Crippen LogP contribution in [0, 0.1) is 56.9 Å². The lowest BCUT2D eigenvalue weighted by Crippen LogP contribution is -2.70. The number of carbonyl (C=O) groups is 3. The number of carbonyl (C=O) groups excluding carboxylic acids is 3. The SMILES string of the molecule is CC1O[C@@H](OC2C(O)[C@@H](NC(=O)CC[C@@H]3O[C@H](CO)C(O)C3O)C(CO)O[C@H]2OC(=O)[C@]23CCC(C)(C)CC2C2=CCC4C5(C)CC[C@H](O[C@@H]6O[CH][C@H](O)[C@H](O[C@@H]7OC[C@H](O)[C@H](O)C7O)C6O[C@@H]6OC(CO)[C@H](O)[C@H](O)C6O)[C@](C)(C=O)[C@@H]5CC[C@]4(C)[C@]2(C)CC3O)C(O)C(O)[C@H]1O[C@@H]1OC[C@H](O)C(O[C@H]2OC[C@@](O)(CO)C2O)C1O. The van der Waals surface area contributed by atoms with Gasteiger partial charge in [0.15, 0.2) is 43.8 Å². The second-order valence-electron chi connectivity index (χ2n) is 36.2. The molecule has 4 saturated carbocycles. The number of fused-ring (bicyclic) bond motifs is 7. The fourth-order valence-corrected chi connectivity index (χ4v) is 21.6. The molecule has 8 aliphatic heterocycles. The first-order valence-electron chi connectivity index (χ1n) is 40.3. The van der Waals surface area contributed by atoms with E-state index in [2.05, 4.69) is 32.2 Å². The molecule has 13 aliphatic rings. The quantitative estimate of drug-likeness (QED) is 0.0195. The van der Waals surface area contributed by atoms with Crippen LogP contribution in [-0.2, 0) is 85.4 Å². The van der Waals surface area contributed by atoms with Gasteiger partial charge in [-0.1, -0.05) is 53.2 Å². The summed E-state index contributed by atoms with van der Waals surface area (Å²) in [5.74, 6) is -3.24. The fraction of sp³-hybridized carbons (Fsp3) is 0.921. The Bertz CT molecular complexity index is 3410. The Hall–Kier alpha value is -3.05. The Labute approximate surface area is 668 Å². The molecule has 0 spiro atoms. The van der Waals surface area contributed by atoms with Crippen molar-refractivity contribution in [3.05, 3.63) is 18.3 Å². The van der Waals surface area contributed by atoms with E-state index in [1.54, 1.807) is 6.92 Å². The highest BCUT2D eigenvalue weighted by Gasteiger charge is 2.73. The van der Waals surface area contributed by atoms with E-state index in [0.29, 0.717) is 38.5 Å². The van der Waals surface area contributed by atoms with Crippen molar-refractivity contribution >= 4 is 18.2 Å². The molecule has 13 rings (SSSR count). The van der Waals surface area contributed by atoms with Crippen LogP contribution >= 0.6 is 0 Å². The van der Waals surface area contributed by atoms with Crippen LogP contribution in [0.25, 0.3) is 0 Å². The van der Waals surface area contributed by atoms with Crippen LogP contribution in [0.2, 0.25) is 0 Å². The van der Waals surface area contributed by atoms with Gasteiger partial charge in [-0.3, -0.25) is 9.59 Å². The maximum Gasteiger partial charge on any atom is 0.317 e. The lowest BCUT2D eigenvalue weighted by molar-refractivity contribution is -0.377. The summed E-state index contributed by atoms with van der Waals surface area (Å²) in [4.78, 5) is 44.4. The van der Waals surface area contributed by atoms with Gasteiger partial charge in [0.25, 0.3) is 0 Å². The number of aliphatic hydroxyl groups excluding tert-OH is 20. The van der Waals surface area contributed by atoms with Crippen molar-refractivity contribution < 1.29 is 193 Å². The standard InChI is InChI=1S/C76H120NO39/c1-29-56(111-63-55(98)57(33(84)24-103-63)112-68-61(99)75(101,27-82)28-105-68)51(94)54(97)64(106-29)114-59-49(92)44(77-43(87)11-9-35-46(89)47(90)37(21-79)107-35)36(20-78)108-67(59)116-69(100)76-17-16-70(2,3)18-31(76)30-8-10-40-71(4)14-13-42(72(5,26-81)39(71)12-15-73(40,6)74(30,7)19-41(76)86)110-66-60(115-65-53(96)50(93)48(91)38(22-80)109-65)58(34(85)25-104-66)113-62-52(95)45(88)32(83)23-102-62/h8,25-26,29,31-42,44-68,78-80,82-86,88-99,101H,9-24,27-28H2,1-7H3,(H,77,87)/t29?,31?,32-,33-,34-,35-,36?,37+,38?,39+,40?,41?,42-,44-,45-,46?,47?,48-,49?,50-,51?,52?,53?,54?,55?,56-,57?,58-,59?,60?,61?,62-,63-,64-,65-,66-,67-,68+,71?,72+,73-,74+,75-,76+/m0/s1. The highest BCUT2D eigenvalue weighted by atomic mass is 16.8. The van der Waals surface area contributed by atoms with Gasteiger partial charge in [0.1, 0.15) is 158 Å². The van der Waals surface area contributed by atoms with Gasteiger partial charge in [-0.15, -0.1) is 0 Å². The lowest BCUT2D eigenvalue weighted by atomic mass is 9.33. The number of aldehydes is 1. The van der Waals surface area contributed by atoms with Crippen molar-refractivity contribution in [3.8, 4) is 0 Å². The molecule has 0 aromatic rings. The average molecular weight is 1670 g/mol. The van der Waals surface area contributed by atoms with Crippen molar-refractivity contribution in [1.29, 1.82) is 0 Å². The van der Waals surface area contributed by atoms with Gasteiger partial charge in [-0.25, -0.2) is 0 Å². The zero-order valence-corrected chi connectivity index (χ0v) is 65.6. The highest BCUT2D eigenvalue weighted by molar-refractivity contribution is 5.80. The third kappa shape index (κ3) is 16.0. The molecule has 1 radical (unpaired) electrons. The van der Waals surface area contributed by atoms with E-state index in [1.165, 1.54) is 6.92 Å². The number of hydrogen-bond donors (Lipinski definition) is 22. The number of amides is 1. The molecular formula is C76H120NO39. The minimum absolute atomic E-state index is 0.00642. The Morgan fingerprint density at radius 1 is 0.543 bits per heavy atom. The van der Waals surface area contributed by atoms with E-state index in [-0.39, 0.29) is 31.6 Å². The Kier molecular flexibility index (Phi) is 27.2. The van der Waals surface area contributed by atoms with Crippen LogP contribution in [0.15, 0.2) is 11.6 Å². The molecule has 40 nitrogen and oxygen atoms in total. The molecular weight excluding hydrogens is 1550 g/mol. The molecule has 116 heavy (non-hydrogen) atoms. The van der Waals surface area contributed by atoms with Crippen molar-refractivity contribution in [2.24, 2.45) is 50.2 Å². The summed E-state index contributed by atoms with van der Waals surface area (Å²) in [6.45, 7) is 9.56. The van der Waals surface area contributed by atoms with Crippen LogP contribution in [-0.4, -0.2) is 392 Å². The maximum atomic E-state index is 16.2. The van der Waals surface area contributed by atoms with Crippen molar-refractivity contribution in [2.75, 3.05) is 46.2 Å². The summed E-state index contributed by atoms with van der Waals surface area (Å²) in [5.41, 5.74) is -7.09. The van der Waals surface area contributed by atoms with Crippen LogP contribution in [0.1, 0.15) is 119 Å². The first-order valence-corrected chi connectivity index (χ1v) is 40.3. The van der Waals surface area contributed by atoms with Gasteiger partial charge in [0, 0.05) is 6.42 Å². The van der Waals surface area contributed by atoms with Crippen LogP contribution in [0.4, 0.5) is 0 Å². The molecule has 663 valence electrons. The predicted molar refractivity (Wildman–Crippen MR) is 379 cm³/mol. The maximum absolute atomic E-state index is 16.2.